The van der Waals surface area contributed by atoms with E-state index in [9.17, 15) is 9.90 Å². The minimum Gasteiger partial charge on any atom is -0.542 e. The molecule has 0 amide bonds. The van der Waals surface area contributed by atoms with Crippen LogP contribution in [0.1, 0.15) is 48.1 Å². The molecule has 0 aliphatic heterocycles. The standard InChI is InChI=1S/C22H27N2O3Si/c1-22(2,3)15-13-16-19(18(21(25)26)20(15)27-28(4)5)24-17(23-16)12-11-14-9-7-6-8-10-14/h6-10,13H,11-12H2,1-5H3,(H,23,24)(H,25,26). The van der Waals surface area contributed by atoms with E-state index in [-0.39, 0.29) is 11.0 Å². The Bertz CT molecular complexity index is 988. The van der Waals surface area contributed by atoms with Gasteiger partial charge >= 0.3 is 5.97 Å². The number of aromatic amines is 1. The second-order valence-electron chi connectivity index (χ2n) is 8.26. The van der Waals surface area contributed by atoms with E-state index in [4.69, 9.17) is 4.43 Å². The Hall–Kier alpha value is -2.60. The van der Waals surface area contributed by atoms with E-state index in [1.165, 1.54) is 5.56 Å². The number of H-pyrrole nitrogens is 1. The lowest BCUT2D eigenvalue weighted by atomic mass is 9.84. The average Bonchev–Trinajstić information content (AvgIpc) is 3.01. The predicted molar refractivity (Wildman–Crippen MR) is 114 cm³/mol. The molecule has 0 fully saturated rings. The van der Waals surface area contributed by atoms with E-state index >= 15 is 0 Å². The SMILES string of the molecule is C[Si](C)Oc1c(C(C)(C)C)cc2[nH]c(CCc3ccccc3)nc2c1C(=O)O. The Labute approximate surface area is 167 Å². The number of nitrogens with one attached hydrogen (secondary N) is 1. The molecule has 1 radical (unpaired) electrons. The van der Waals surface area contributed by atoms with Gasteiger partial charge in [-0.3, -0.25) is 0 Å². The molecule has 2 N–H and O–H groups in total. The number of aryl methyl sites for hydroxylation is 2. The van der Waals surface area contributed by atoms with Crippen molar-refractivity contribution in [3.05, 3.63) is 58.9 Å². The van der Waals surface area contributed by atoms with Gasteiger partial charge in [0.2, 0.25) is 0 Å². The first kappa shape index (κ1) is 20.1. The highest BCUT2D eigenvalue weighted by atomic mass is 28.3. The van der Waals surface area contributed by atoms with Gasteiger partial charge in [-0.25, -0.2) is 9.78 Å². The van der Waals surface area contributed by atoms with Crippen molar-refractivity contribution in [3.8, 4) is 5.75 Å². The van der Waals surface area contributed by atoms with Gasteiger partial charge in [-0.05, 0) is 36.6 Å². The fourth-order valence-corrected chi connectivity index (χ4v) is 3.90. The van der Waals surface area contributed by atoms with Crippen LogP contribution in [-0.4, -0.2) is 30.1 Å². The highest BCUT2D eigenvalue weighted by molar-refractivity contribution is 6.49. The number of carboxylic acids is 1. The monoisotopic (exact) mass is 395 g/mol. The summed E-state index contributed by atoms with van der Waals surface area (Å²) < 4.78 is 6.08. The number of imidazole rings is 1. The van der Waals surface area contributed by atoms with Crippen molar-refractivity contribution >= 4 is 26.0 Å². The molecular formula is C22H27N2O3Si. The summed E-state index contributed by atoms with van der Waals surface area (Å²) in [4.78, 5) is 20.1. The van der Waals surface area contributed by atoms with Crippen molar-refractivity contribution in [1.29, 1.82) is 0 Å². The first-order chi connectivity index (χ1) is 13.2. The zero-order valence-electron chi connectivity index (χ0n) is 17.1. The molecule has 6 heteroatoms. The van der Waals surface area contributed by atoms with Crippen LogP contribution in [0.15, 0.2) is 36.4 Å². The molecule has 0 aliphatic rings. The van der Waals surface area contributed by atoms with Crippen LogP contribution in [0.25, 0.3) is 11.0 Å². The van der Waals surface area contributed by atoms with E-state index < -0.39 is 15.0 Å². The van der Waals surface area contributed by atoms with Crippen LogP contribution in [0.3, 0.4) is 0 Å². The molecule has 1 aromatic heterocycles. The third kappa shape index (κ3) is 4.27. The van der Waals surface area contributed by atoms with Crippen molar-refractivity contribution in [2.24, 2.45) is 0 Å². The second-order valence-corrected chi connectivity index (χ2v) is 10.3. The molecule has 0 spiro atoms. The fourth-order valence-electron chi connectivity index (χ4n) is 3.28. The van der Waals surface area contributed by atoms with E-state index in [0.29, 0.717) is 11.3 Å². The van der Waals surface area contributed by atoms with Crippen LogP contribution in [0.5, 0.6) is 5.75 Å². The Kier molecular flexibility index (Phi) is 5.61. The Morgan fingerprint density at radius 3 is 2.43 bits per heavy atom. The van der Waals surface area contributed by atoms with E-state index in [1.54, 1.807) is 0 Å². The van der Waals surface area contributed by atoms with Crippen molar-refractivity contribution in [2.45, 2.75) is 52.1 Å². The van der Waals surface area contributed by atoms with E-state index in [0.717, 1.165) is 29.7 Å². The molecule has 5 nitrogen and oxygen atoms in total. The Balaban J connectivity index is 2.10. The molecule has 0 aliphatic carbocycles. The quantitative estimate of drug-likeness (QED) is 0.578. The van der Waals surface area contributed by atoms with Gasteiger partial charge in [-0.1, -0.05) is 51.1 Å². The maximum absolute atomic E-state index is 12.2. The number of benzene rings is 2. The van der Waals surface area contributed by atoms with Gasteiger partial charge in [-0.2, -0.15) is 0 Å². The van der Waals surface area contributed by atoms with Gasteiger partial charge in [0.1, 0.15) is 22.7 Å². The number of nitrogens with zero attached hydrogens (tertiary/aromatic N) is 1. The molecule has 1 heterocycles. The highest BCUT2D eigenvalue weighted by Gasteiger charge is 2.29. The molecular weight excluding hydrogens is 368 g/mol. The number of hydrogen-bond acceptors (Lipinski definition) is 3. The van der Waals surface area contributed by atoms with Crippen molar-refractivity contribution in [2.75, 3.05) is 0 Å². The summed E-state index contributed by atoms with van der Waals surface area (Å²) in [5.41, 5.74) is 3.25. The molecule has 0 atom stereocenters. The number of carboxylic acid groups (broad SMARTS) is 1. The van der Waals surface area contributed by atoms with E-state index in [2.05, 4.69) is 42.9 Å². The molecule has 3 rings (SSSR count). The lowest BCUT2D eigenvalue weighted by Gasteiger charge is -2.25. The largest absolute Gasteiger partial charge is 0.542 e. The topological polar surface area (TPSA) is 75.2 Å². The summed E-state index contributed by atoms with van der Waals surface area (Å²) >= 11 is 0. The zero-order chi connectivity index (χ0) is 20.5. The minimum absolute atomic E-state index is 0.163. The van der Waals surface area contributed by atoms with Crippen molar-refractivity contribution in [3.63, 3.8) is 0 Å². The zero-order valence-corrected chi connectivity index (χ0v) is 18.1. The van der Waals surface area contributed by atoms with Gasteiger partial charge in [0.25, 0.3) is 9.04 Å². The summed E-state index contributed by atoms with van der Waals surface area (Å²) in [6.45, 7) is 10.2. The fraction of sp³-hybridized carbons (Fsp3) is 0.364. The van der Waals surface area contributed by atoms with Crippen LogP contribution in [0, 0.1) is 0 Å². The van der Waals surface area contributed by atoms with Crippen LogP contribution in [-0.2, 0) is 18.3 Å². The summed E-state index contributed by atoms with van der Waals surface area (Å²) in [5, 5.41) is 9.96. The van der Waals surface area contributed by atoms with Gasteiger partial charge in [0, 0.05) is 12.0 Å². The number of hydrogen-bond donors (Lipinski definition) is 2. The average molecular weight is 396 g/mol. The van der Waals surface area contributed by atoms with Crippen LogP contribution in [0.4, 0.5) is 0 Å². The molecule has 2 aromatic carbocycles. The molecule has 0 bridgehead atoms. The maximum Gasteiger partial charge on any atom is 0.341 e. The minimum atomic E-state index is -1.13. The number of aromatic nitrogens is 2. The lowest BCUT2D eigenvalue weighted by Crippen LogP contribution is -2.21. The maximum atomic E-state index is 12.2. The number of carbonyl (C=O) groups is 1. The van der Waals surface area contributed by atoms with Crippen molar-refractivity contribution in [1.82, 2.24) is 9.97 Å². The first-order valence-electron chi connectivity index (χ1n) is 9.48. The first-order valence-corrected chi connectivity index (χ1v) is 11.9. The summed E-state index contributed by atoms with van der Waals surface area (Å²) in [6, 6.07) is 12.2. The smallest absolute Gasteiger partial charge is 0.341 e. The van der Waals surface area contributed by atoms with Gasteiger partial charge in [0.15, 0.2) is 0 Å². The number of aromatic carboxylic acids is 1. The Morgan fingerprint density at radius 1 is 1.18 bits per heavy atom. The van der Waals surface area contributed by atoms with Gasteiger partial charge in [0.05, 0.1) is 5.52 Å². The molecule has 0 saturated heterocycles. The molecule has 0 saturated carbocycles. The molecule has 28 heavy (non-hydrogen) atoms. The summed E-state index contributed by atoms with van der Waals surface area (Å²) in [7, 11) is -1.13. The molecule has 147 valence electrons. The van der Waals surface area contributed by atoms with Crippen molar-refractivity contribution < 1.29 is 14.3 Å². The van der Waals surface area contributed by atoms with Crippen LogP contribution >= 0.6 is 0 Å². The highest BCUT2D eigenvalue weighted by Crippen LogP contribution is 2.38. The van der Waals surface area contributed by atoms with Crippen LogP contribution in [0.2, 0.25) is 13.1 Å². The number of rotatable bonds is 6. The van der Waals surface area contributed by atoms with Crippen LogP contribution < -0.4 is 4.43 Å². The second kappa shape index (κ2) is 7.79. The number of fused-ring (bicyclic) bond motifs is 1. The summed E-state index contributed by atoms with van der Waals surface area (Å²) in [6.07, 6.45) is 1.56. The van der Waals surface area contributed by atoms with Gasteiger partial charge < -0.3 is 14.5 Å². The molecule has 3 aromatic rings. The lowest BCUT2D eigenvalue weighted by molar-refractivity contribution is 0.0696. The van der Waals surface area contributed by atoms with Gasteiger partial charge in [-0.15, -0.1) is 0 Å². The predicted octanol–water partition coefficient (Wildman–Crippen LogP) is 4.97. The third-order valence-corrected chi connectivity index (χ3v) is 5.21. The normalized spacial score (nSPS) is 11.9. The van der Waals surface area contributed by atoms with E-state index in [1.807, 2.05) is 37.4 Å². The third-order valence-electron chi connectivity index (χ3n) is 4.60. The Morgan fingerprint density at radius 2 is 1.86 bits per heavy atom. The summed E-state index contributed by atoms with van der Waals surface area (Å²) in [5.74, 6) is 0.250. The molecule has 0 unspecified atom stereocenters.